The minimum atomic E-state index is -0.478. The van der Waals surface area contributed by atoms with Gasteiger partial charge in [0.25, 0.3) is 0 Å². The molecule has 4 heteroatoms. The van der Waals surface area contributed by atoms with E-state index in [2.05, 4.69) is 10.3 Å². The van der Waals surface area contributed by atoms with E-state index in [9.17, 15) is 4.79 Å². The van der Waals surface area contributed by atoms with E-state index < -0.39 is 11.7 Å². The lowest BCUT2D eigenvalue weighted by Gasteiger charge is -2.20. The van der Waals surface area contributed by atoms with Gasteiger partial charge >= 0.3 is 6.09 Å². The number of nitrogens with zero attached hydrogens (tertiary/aromatic N) is 1. The molecule has 18 heavy (non-hydrogen) atoms. The second-order valence-electron chi connectivity index (χ2n) is 5.05. The van der Waals surface area contributed by atoms with Crippen LogP contribution >= 0.6 is 0 Å². The van der Waals surface area contributed by atoms with Crippen LogP contribution in [0.25, 0.3) is 6.08 Å². The Kier molecular flexibility index (Phi) is 4.89. The number of pyridine rings is 1. The minimum absolute atomic E-state index is 0.109. The molecule has 0 bridgehead atoms. The molecular weight excluding hydrogens is 228 g/mol. The Morgan fingerprint density at radius 2 is 2.17 bits per heavy atom. The van der Waals surface area contributed by atoms with Crippen LogP contribution in [0.5, 0.6) is 0 Å². The van der Waals surface area contributed by atoms with Crippen molar-refractivity contribution in [1.29, 1.82) is 0 Å². The molecule has 0 spiro atoms. The second-order valence-corrected chi connectivity index (χ2v) is 5.05. The fraction of sp³-hybridized carbons (Fsp3) is 0.429. The van der Waals surface area contributed by atoms with Crippen LogP contribution in [0, 0.1) is 0 Å². The average molecular weight is 248 g/mol. The van der Waals surface area contributed by atoms with Gasteiger partial charge in [-0.2, -0.15) is 0 Å². The van der Waals surface area contributed by atoms with E-state index in [4.69, 9.17) is 4.74 Å². The highest BCUT2D eigenvalue weighted by molar-refractivity contribution is 5.68. The molecule has 1 aromatic heterocycles. The first-order valence-corrected chi connectivity index (χ1v) is 5.95. The van der Waals surface area contributed by atoms with Gasteiger partial charge in [-0.15, -0.1) is 0 Å². The monoisotopic (exact) mass is 248 g/mol. The number of amides is 1. The Labute approximate surface area is 108 Å². The lowest BCUT2D eigenvalue weighted by atomic mass is 10.2. The van der Waals surface area contributed by atoms with E-state index in [1.165, 1.54) is 0 Å². The van der Waals surface area contributed by atoms with E-state index >= 15 is 0 Å². The zero-order chi connectivity index (χ0) is 13.6. The molecule has 98 valence electrons. The summed E-state index contributed by atoms with van der Waals surface area (Å²) in [4.78, 5) is 15.7. The van der Waals surface area contributed by atoms with Gasteiger partial charge in [-0.05, 0) is 45.9 Å². The van der Waals surface area contributed by atoms with Crippen molar-refractivity contribution in [3.05, 3.63) is 36.2 Å². The van der Waals surface area contributed by atoms with Gasteiger partial charge in [-0.1, -0.05) is 12.1 Å². The SMILES string of the molecule is C[C@@H](/C=C/c1ccccn1)NC(=O)OC(C)(C)C. The van der Waals surface area contributed by atoms with E-state index in [1.54, 1.807) is 6.20 Å². The summed E-state index contributed by atoms with van der Waals surface area (Å²) in [6, 6.07) is 5.57. The molecule has 0 aliphatic heterocycles. The highest BCUT2D eigenvalue weighted by Crippen LogP contribution is 2.07. The topological polar surface area (TPSA) is 51.2 Å². The highest BCUT2D eigenvalue weighted by atomic mass is 16.6. The molecule has 1 N–H and O–H groups in total. The van der Waals surface area contributed by atoms with Crippen molar-refractivity contribution >= 4 is 12.2 Å². The predicted octanol–water partition coefficient (Wildman–Crippen LogP) is 3.01. The first-order chi connectivity index (χ1) is 8.37. The smallest absolute Gasteiger partial charge is 0.408 e. The number of alkyl carbamates (subject to hydrolysis) is 1. The first-order valence-electron chi connectivity index (χ1n) is 5.95. The first kappa shape index (κ1) is 14.2. The van der Waals surface area contributed by atoms with Crippen LogP contribution in [0.15, 0.2) is 30.5 Å². The molecule has 0 aliphatic rings. The molecule has 1 heterocycles. The summed E-state index contributed by atoms with van der Waals surface area (Å²) in [7, 11) is 0. The molecule has 0 saturated heterocycles. The predicted molar refractivity (Wildman–Crippen MR) is 72.1 cm³/mol. The van der Waals surface area contributed by atoms with E-state index in [-0.39, 0.29) is 6.04 Å². The standard InChI is InChI=1S/C14H20N2O2/c1-11(16-13(17)18-14(2,3)4)8-9-12-7-5-6-10-15-12/h5-11H,1-4H3,(H,16,17)/b9-8+/t11-/m0/s1. The van der Waals surface area contributed by atoms with Crippen LogP contribution in [0.3, 0.4) is 0 Å². The number of carbonyl (C=O) groups is 1. The van der Waals surface area contributed by atoms with Crippen LogP contribution in [0.2, 0.25) is 0 Å². The number of rotatable bonds is 3. The lowest BCUT2D eigenvalue weighted by molar-refractivity contribution is 0.0518. The number of hydrogen-bond donors (Lipinski definition) is 1. The van der Waals surface area contributed by atoms with Gasteiger partial charge < -0.3 is 10.1 Å². The van der Waals surface area contributed by atoms with Gasteiger partial charge in [-0.25, -0.2) is 4.79 Å². The fourth-order valence-corrected chi connectivity index (χ4v) is 1.26. The number of hydrogen-bond acceptors (Lipinski definition) is 3. The molecule has 1 rings (SSSR count). The third-order valence-electron chi connectivity index (χ3n) is 1.99. The zero-order valence-electron chi connectivity index (χ0n) is 11.3. The van der Waals surface area contributed by atoms with E-state index in [0.717, 1.165) is 5.69 Å². The van der Waals surface area contributed by atoms with Crippen LogP contribution in [0.1, 0.15) is 33.4 Å². The summed E-state index contributed by atoms with van der Waals surface area (Å²) in [5.41, 5.74) is 0.379. The number of carbonyl (C=O) groups excluding carboxylic acids is 1. The van der Waals surface area contributed by atoms with Crippen molar-refractivity contribution in [3.63, 3.8) is 0 Å². The van der Waals surface area contributed by atoms with Crippen molar-refractivity contribution in [3.8, 4) is 0 Å². The number of aromatic nitrogens is 1. The summed E-state index contributed by atoms with van der Waals surface area (Å²) < 4.78 is 5.16. The largest absolute Gasteiger partial charge is 0.444 e. The second kappa shape index (κ2) is 6.19. The highest BCUT2D eigenvalue weighted by Gasteiger charge is 2.16. The van der Waals surface area contributed by atoms with Crippen LogP contribution < -0.4 is 5.32 Å². The van der Waals surface area contributed by atoms with Gasteiger partial charge in [0.05, 0.1) is 5.69 Å². The Bertz CT molecular complexity index is 408. The van der Waals surface area contributed by atoms with Crippen LogP contribution in [0.4, 0.5) is 4.79 Å². The summed E-state index contributed by atoms with van der Waals surface area (Å²) in [5, 5.41) is 2.73. The Hall–Kier alpha value is -1.84. The Morgan fingerprint density at radius 1 is 1.44 bits per heavy atom. The maximum absolute atomic E-state index is 11.5. The van der Waals surface area contributed by atoms with Gasteiger partial charge in [0.2, 0.25) is 0 Å². The molecule has 4 nitrogen and oxygen atoms in total. The number of ether oxygens (including phenoxy) is 1. The third-order valence-corrected chi connectivity index (χ3v) is 1.99. The molecule has 0 radical (unpaired) electrons. The summed E-state index contributed by atoms with van der Waals surface area (Å²) in [6.45, 7) is 7.38. The van der Waals surface area contributed by atoms with Crippen molar-refractivity contribution in [2.24, 2.45) is 0 Å². The molecule has 0 saturated carbocycles. The summed E-state index contributed by atoms with van der Waals surface area (Å²) in [6.07, 6.45) is 5.04. The molecule has 1 aromatic rings. The van der Waals surface area contributed by atoms with Crippen LogP contribution in [-0.2, 0) is 4.74 Å². The minimum Gasteiger partial charge on any atom is -0.444 e. The molecule has 0 aliphatic carbocycles. The Morgan fingerprint density at radius 3 is 2.72 bits per heavy atom. The molecule has 1 atom stereocenters. The summed E-state index contributed by atoms with van der Waals surface area (Å²) >= 11 is 0. The zero-order valence-corrected chi connectivity index (χ0v) is 11.3. The van der Waals surface area contributed by atoms with E-state index in [0.29, 0.717) is 0 Å². The van der Waals surface area contributed by atoms with Crippen molar-refractivity contribution in [1.82, 2.24) is 10.3 Å². The average Bonchev–Trinajstić information content (AvgIpc) is 2.25. The molecule has 0 aromatic carbocycles. The third kappa shape index (κ3) is 6.03. The van der Waals surface area contributed by atoms with Crippen LogP contribution in [-0.4, -0.2) is 22.7 Å². The van der Waals surface area contributed by atoms with Gasteiger partial charge in [0, 0.05) is 12.2 Å². The molecule has 1 amide bonds. The van der Waals surface area contributed by atoms with Gasteiger partial charge in [0.1, 0.15) is 5.60 Å². The quantitative estimate of drug-likeness (QED) is 0.894. The normalized spacial score (nSPS) is 13.3. The maximum atomic E-state index is 11.5. The maximum Gasteiger partial charge on any atom is 0.408 e. The number of nitrogens with one attached hydrogen (secondary N) is 1. The molecule has 0 fully saturated rings. The lowest BCUT2D eigenvalue weighted by Crippen LogP contribution is -2.36. The van der Waals surface area contributed by atoms with E-state index in [1.807, 2.05) is 58.0 Å². The van der Waals surface area contributed by atoms with Crippen molar-refractivity contribution in [2.45, 2.75) is 39.3 Å². The van der Waals surface area contributed by atoms with Gasteiger partial charge in [0.15, 0.2) is 0 Å². The Balaban J connectivity index is 2.45. The van der Waals surface area contributed by atoms with Crippen molar-refractivity contribution < 1.29 is 9.53 Å². The van der Waals surface area contributed by atoms with Crippen molar-refractivity contribution in [2.75, 3.05) is 0 Å². The molecular formula is C14H20N2O2. The fourth-order valence-electron chi connectivity index (χ4n) is 1.26. The van der Waals surface area contributed by atoms with Gasteiger partial charge in [-0.3, -0.25) is 4.98 Å². The molecule has 0 unspecified atom stereocenters. The summed E-state index contributed by atoms with van der Waals surface area (Å²) in [5.74, 6) is 0.